The third kappa shape index (κ3) is 2.13. The summed E-state index contributed by atoms with van der Waals surface area (Å²) in [5, 5.41) is 2.52. The summed E-state index contributed by atoms with van der Waals surface area (Å²) < 4.78 is 0. The number of hydrogen-bond acceptors (Lipinski definition) is 3. The molecule has 0 radical (unpaired) electrons. The van der Waals surface area contributed by atoms with Crippen molar-refractivity contribution in [2.75, 3.05) is 0 Å². The van der Waals surface area contributed by atoms with E-state index < -0.39 is 0 Å². The molecule has 3 heteroatoms. The summed E-state index contributed by atoms with van der Waals surface area (Å²) in [4.78, 5) is 16.2. The first-order chi connectivity index (χ1) is 7.31. The highest BCUT2D eigenvalue weighted by Crippen LogP contribution is 2.15. The van der Waals surface area contributed by atoms with Crippen LogP contribution < -0.4 is 0 Å². The summed E-state index contributed by atoms with van der Waals surface area (Å²) in [7, 11) is 0. The maximum absolute atomic E-state index is 11.9. The van der Waals surface area contributed by atoms with E-state index in [0.29, 0.717) is 10.6 Å². The fourth-order valence-corrected chi connectivity index (χ4v) is 2.15. The van der Waals surface area contributed by atoms with E-state index in [0.717, 1.165) is 12.1 Å². The van der Waals surface area contributed by atoms with E-state index >= 15 is 0 Å². The smallest absolute Gasteiger partial charge is 0.221 e. The van der Waals surface area contributed by atoms with Gasteiger partial charge in [-0.25, -0.2) is 4.98 Å². The minimum Gasteiger partial charge on any atom is -0.286 e. The van der Waals surface area contributed by atoms with Crippen LogP contribution in [-0.2, 0) is 6.42 Å². The molecule has 0 atom stereocenters. The van der Waals surface area contributed by atoms with Crippen LogP contribution in [0.15, 0.2) is 35.7 Å². The Balaban J connectivity index is 2.29. The van der Waals surface area contributed by atoms with E-state index in [1.807, 2.05) is 42.6 Å². The second-order valence-corrected chi connectivity index (χ2v) is 4.05. The van der Waals surface area contributed by atoms with Gasteiger partial charge in [0.2, 0.25) is 5.78 Å². The van der Waals surface area contributed by atoms with Crippen LogP contribution in [0.1, 0.15) is 28.0 Å². The van der Waals surface area contributed by atoms with Crippen LogP contribution in [0, 0.1) is 0 Å². The highest BCUT2D eigenvalue weighted by atomic mass is 32.1. The Labute approximate surface area is 92.6 Å². The van der Waals surface area contributed by atoms with Crippen molar-refractivity contribution < 1.29 is 4.79 Å². The zero-order valence-electron chi connectivity index (χ0n) is 8.43. The number of carbonyl (C=O) groups is 1. The van der Waals surface area contributed by atoms with Gasteiger partial charge in [-0.2, -0.15) is 0 Å². The first kappa shape index (κ1) is 10.1. The summed E-state index contributed by atoms with van der Waals surface area (Å²) >= 11 is 1.42. The predicted molar refractivity (Wildman–Crippen MR) is 61.4 cm³/mol. The summed E-state index contributed by atoms with van der Waals surface area (Å²) in [6.07, 6.45) is 0.874. The Morgan fingerprint density at radius 1 is 1.33 bits per heavy atom. The number of aryl methyl sites for hydroxylation is 1. The highest BCUT2D eigenvalue weighted by Gasteiger charge is 2.12. The van der Waals surface area contributed by atoms with Crippen molar-refractivity contribution in [2.45, 2.75) is 13.3 Å². The lowest BCUT2D eigenvalue weighted by Gasteiger charge is -1.95. The van der Waals surface area contributed by atoms with Gasteiger partial charge in [0.1, 0.15) is 0 Å². The third-order valence-electron chi connectivity index (χ3n) is 2.14. The molecule has 0 aliphatic rings. The van der Waals surface area contributed by atoms with Crippen LogP contribution >= 0.6 is 11.3 Å². The van der Waals surface area contributed by atoms with Crippen LogP contribution in [0.25, 0.3) is 0 Å². The Hall–Kier alpha value is -1.48. The summed E-state index contributed by atoms with van der Waals surface area (Å²) in [5.74, 6) is 0.0142. The van der Waals surface area contributed by atoms with Crippen molar-refractivity contribution in [3.8, 4) is 0 Å². The van der Waals surface area contributed by atoms with Crippen molar-refractivity contribution >= 4 is 17.1 Å². The molecule has 15 heavy (non-hydrogen) atoms. The molecule has 0 spiro atoms. The lowest BCUT2D eigenvalue weighted by molar-refractivity contribution is 0.103. The van der Waals surface area contributed by atoms with E-state index in [-0.39, 0.29) is 5.78 Å². The molecule has 2 aromatic rings. The molecule has 0 aliphatic heterocycles. The van der Waals surface area contributed by atoms with Gasteiger partial charge in [0.25, 0.3) is 0 Å². The Bertz CT molecular complexity index is 461. The molecule has 0 amide bonds. The first-order valence-corrected chi connectivity index (χ1v) is 5.73. The van der Waals surface area contributed by atoms with Gasteiger partial charge in [-0.1, -0.05) is 37.3 Å². The summed E-state index contributed by atoms with van der Waals surface area (Å²) in [5.41, 5.74) is 1.69. The molecule has 0 bridgehead atoms. The Morgan fingerprint density at radius 3 is 2.67 bits per heavy atom. The average molecular weight is 217 g/mol. The number of thiazole rings is 1. The molecule has 2 nitrogen and oxygen atoms in total. The first-order valence-electron chi connectivity index (χ1n) is 4.85. The quantitative estimate of drug-likeness (QED) is 0.740. The van der Waals surface area contributed by atoms with Crippen LogP contribution in [0.2, 0.25) is 0 Å². The molecule has 1 heterocycles. The van der Waals surface area contributed by atoms with E-state index in [1.165, 1.54) is 11.3 Å². The molecule has 0 saturated carbocycles. The molecule has 1 aromatic carbocycles. The number of nitrogens with zero attached hydrogens (tertiary/aromatic N) is 1. The van der Waals surface area contributed by atoms with Crippen LogP contribution in [0.4, 0.5) is 0 Å². The standard InChI is InChI=1S/C12H11NOS/c1-2-10-8-15-12(13-10)11(14)9-6-4-3-5-7-9/h3-8H,2H2,1H3. The van der Waals surface area contributed by atoms with Gasteiger partial charge in [-0.3, -0.25) is 4.79 Å². The number of rotatable bonds is 3. The fourth-order valence-electron chi connectivity index (χ4n) is 1.29. The van der Waals surface area contributed by atoms with Crippen molar-refractivity contribution in [3.05, 3.63) is 52.0 Å². The second kappa shape index (κ2) is 4.36. The van der Waals surface area contributed by atoms with Gasteiger partial charge in [0.05, 0.1) is 5.69 Å². The minimum absolute atomic E-state index is 0.0142. The van der Waals surface area contributed by atoms with E-state index in [1.54, 1.807) is 0 Å². The number of hydrogen-bond donors (Lipinski definition) is 0. The lowest BCUT2D eigenvalue weighted by Crippen LogP contribution is -2.00. The number of ketones is 1. The normalized spacial score (nSPS) is 10.2. The van der Waals surface area contributed by atoms with Crippen molar-refractivity contribution in [2.24, 2.45) is 0 Å². The zero-order valence-corrected chi connectivity index (χ0v) is 9.25. The van der Waals surface area contributed by atoms with Gasteiger partial charge in [-0.15, -0.1) is 11.3 Å². The van der Waals surface area contributed by atoms with Crippen molar-refractivity contribution in [1.82, 2.24) is 4.98 Å². The predicted octanol–water partition coefficient (Wildman–Crippen LogP) is 2.94. The molecular weight excluding hydrogens is 206 g/mol. The molecule has 0 aliphatic carbocycles. The van der Waals surface area contributed by atoms with Gasteiger partial charge >= 0.3 is 0 Å². The molecule has 1 aromatic heterocycles. The van der Waals surface area contributed by atoms with Crippen LogP contribution in [0.5, 0.6) is 0 Å². The van der Waals surface area contributed by atoms with Gasteiger partial charge in [0, 0.05) is 10.9 Å². The maximum atomic E-state index is 11.9. The Kier molecular flexibility index (Phi) is 2.92. The number of carbonyl (C=O) groups excluding carboxylic acids is 1. The molecule has 0 N–H and O–H groups in total. The van der Waals surface area contributed by atoms with Gasteiger partial charge < -0.3 is 0 Å². The van der Waals surface area contributed by atoms with Crippen molar-refractivity contribution in [3.63, 3.8) is 0 Å². The molecule has 2 rings (SSSR count). The topological polar surface area (TPSA) is 30.0 Å². The van der Waals surface area contributed by atoms with Crippen molar-refractivity contribution in [1.29, 1.82) is 0 Å². The van der Waals surface area contributed by atoms with Crippen LogP contribution in [-0.4, -0.2) is 10.8 Å². The monoisotopic (exact) mass is 217 g/mol. The molecule has 0 saturated heterocycles. The number of benzene rings is 1. The zero-order chi connectivity index (χ0) is 10.7. The Morgan fingerprint density at radius 2 is 2.07 bits per heavy atom. The fraction of sp³-hybridized carbons (Fsp3) is 0.167. The minimum atomic E-state index is 0.0142. The van der Waals surface area contributed by atoms with E-state index in [9.17, 15) is 4.79 Å². The summed E-state index contributed by atoms with van der Waals surface area (Å²) in [6, 6.07) is 9.25. The van der Waals surface area contributed by atoms with Crippen LogP contribution in [0.3, 0.4) is 0 Å². The third-order valence-corrected chi connectivity index (χ3v) is 3.03. The van der Waals surface area contributed by atoms with E-state index in [4.69, 9.17) is 0 Å². The second-order valence-electron chi connectivity index (χ2n) is 3.19. The molecule has 76 valence electrons. The molecular formula is C12H11NOS. The summed E-state index contributed by atoms with van der Waals surface area (Å²) in [6.45, 7) is 2.03. The van der Waals surface area contributed by atoms with E-state index in [2.05, 4.69) is 4.98 Å². The average Bonchev–Trinajstić information content (AvgIpc) is 2.78. The highest BCUT2D eigenvalue weighted by molar-refractivity contribution is 7.12. The largest absolute Gasteiger partial charge is 0.286 e. The SMILES string of the molecule is CCc1csc(C(=O)c2ccccc2)n1. The van der Waals surface area contributed by atoms with Gasteiger partial charge in [0.15, 0.2) is 5.01 Å². The van der Waals surface area contributed by atoms with Gasteiger partial charge in [-0.05, 0) is 6.42 Å². The number of aromatic nitrogens is 1. The maximum Gasteiger partial charge on any atom is 0.221 e. The molecule has 0 fully saturated rings. The lowest BCUT2D eigenvalue weighted by atomic mass is 10.1. The molecule has 0 unspecified atom stereocenters.